The second kappa shape index (κ2) is 9.58. The summed E-state index contributed by atoms with van der Waals surface area (Å²) in [5.41, 5.74) is 1.80. The van der Waals surface area contributed by atoms with E-state index in [-0.39, 0.29) is 11.8 Å². The fourth-order valence-corrected chi connectivity index (χ4v) is 2.42. The number of para-hydroxylation sites is 1. The van der Waals surface area contributed by atoms with E-state index in [4.69, 9.17) is 4.74 Å². The summed E-state index contributed by atoms with van der Waals surface area (Å²) in [5.74, 6) is 0.298. The molecule has 0 saturated carbocycles. The molecule has 0 saturated heterocycles. The van der Waals surface area contributed by atoms with Crippen molar-refractivity contribution in [1.29, 1.82) is 0 Å². The van der Waals surface area contributed by atoms with Crippen LogP contribution in [-0.2, 0) is 6.54 Å². The second-order valence-corrected chi connectivity index (χ2v) is 6.13. The van der Waals surface area contributed by atoms with Crippen molar-refractivity contribution >= 4 is 11.8 Å². The number of rotatable bonds is 8. The topological polar surface area (TPSA) is 70.7 Å². The van der Waals surface area contributed by atoms with Crippen LogP contribution in [0.3, 0.4) is 0 Å². The lowest BCUT2D eigenvalue weighted by atomic mass is 10.1. The molecule has 0 heterocycles. The highest BCUT2D eigenvalue weighted by Gasteiger charge is 2.11. The first-order valence-corrected chi connectivity index (χ1v) is 8.44. The minimum absolute atomic E-state index is 0.189. The van der Waals surface area contributed by atoms with E-state index < -0.39 is 0 Å². The molecule has 2 N–H and O–H groups in total. The molecule has 0 atom stereocenters. The zero-order valence-electron chi connectivity index (χ0n) is 15.4. The highest BCUT2D eigenvalue weighted by Crippen LogP contribution is 2.17. The zero-order valence-corrected chi connectivity index (χ0v) is 15.4. The van der Waals surface area contributed by atoms with Crippen molar-refractivity contribution in [3.8, 4) is 5.75 Å². The van der Waals surface area contributed by atoms with E-state index >= 15 is 0 Å². The van der Waals surface area contributed by atoms with Gasteiger partial charge in [-0.2, -0.15) is 0 Å². The average Bonchev–Trinajstić information content (AvgIpc) is 2.66. The van der Waals surface area contributed by atoms with E-state index in [9.17, 15) is 9.59 Å². The number of ether oxygens (including phenoxy) is 1. The van der Waals surface area contributed by atoms with Crippen LogP contribution in [0.15, 0.2) is 48.5 Å². The van der Waals surface area contributed by atoms with Gasteiger partial charge in [-0.1, -0.05) is 24.3 Å². The van der Waals surface area contributed by atoms with Crippen LogP contribution in [0, 0.1) is 0 Å². The Bertz CT molecular complexity index is 759. The summed E-state index contributed by atoms with van der Waals surface area (Å²) in [5, 5.41) is 5.70. The number of benzene rings is 2. The lowest BCUT2D eigenvalue weighted by molar-refractivity contribution is 0.0950. The minimum atomic E-state index is -0.237. The second-order valence-electron chi connectivity index (χ2n) is 6.13. The highest BCUT2D eigenvalue weighted by atomic mass is 16.5. The zero-order chi connectivity index (χ0) is 18.9. The molecule has 0 radical (unpaired) electrons. The molecule has 0 aromatic heterocycles. The molecule has 2 amide bonds. The first-order valence-electron chi connectivity index (χ1n) is 8.44. The van der Waals surface area contributed by atoms with Crippen molar-refractivity contribution in [2.45, 2.75) is 6.54 Å². The highest BCUT2D eigenvalue weighted by molar-refractivity contribution is 5.99. The van der Waals surface area contributed by atoms with Gasteiger partial charge >= 0.3 is 0 Å². The monoisotopic (exact) mass is 355 g/mol. The molecule has 0 aliphatic carbocycles. The van der Waals surface area contributed by atoms with Crippen LogP contribution in [0.1, 0.15) is 26.3 Å². The standard InChI is InChI=1S/C20H25N3O3/c1-23(2)12-11-21-19(24)15-8-6-9-16(13-15)20(25)22-14-17-7-4-5-10-18(17)26-3/h4-10,13H,11-12,14H2,1-3H3,(H,21,24)(H,22,25). The lowest BCUT2D eigenvalue weighted by Gasteiger charge is -2.11. The van der Waals surface area contributed by atoms with Gasteiger partial charge in [0.05, 0.1) is 7.11 Å². The maximum Gasteiger partial charge on any atom is 0.251 e. The molecular weight excluding hydrogens is 330 g/mol. The normalized spacial score (nSPS) is 10.5. The first kappa shape index (κ1) is 19.5. The van der Waals surface area contributed by atoms with Crippen molar-refractivity contribution in [3.63, 3.8) is 0 Å². The molecule has 0 spiro atoms. The molecule has 0 bridgehead atoms. The van der Waals surface area contributed by atoms with E-state index in [1.54, 1.807) is 31.4 Å². The van der Waals surface area contributed by atoms with E-state index in [0.717, 1.165) is 17.9 Å². The van der Waals surface area contributed by atoms with Gasteiger partial charge in [-0.05, 0) is 38.4 Å². The summed E-state index contributed by atoms with van der Waals surface area (Å²) < 4.78 is 5.28. The van der Waals surface area contributed by atoms with E-state index in [2.05, 4.69) is 10.6 Å². The van der Waals surface area contributed by atoms with Gasteiger partial charge in [0.1, 0.15) is 5.75 Å². The van der Waals surface area contributed by atoms with Gasteiger partial charge in [-0.15, -0.1) is 0 Å². The van der Waals surface area contributed by atoms with E-state index in [1.165, 1.54) is 0 Å². The van der Waals surface area contributed by atoms with E-state index in [1.807, 2.05) is 43.3 Å². The Hall–Kier alpha value is -2.86. The van der Waals surface area contributed by atoms with Crippen LogP contribution in [0.25, 0.3) is 0 Å². The third-order valence-electron chi connectivity index (χ3n) is 3.86. The Labute approximate surface area is 154 Å². The average molecular weight is 355 g/mol. The van der Waals surface area contributed by atoms with Crippen molar-refractivity contribution in [2.75, 3.05) is 34.3 Å². The van der Waals surface area contributed by atoms with Gasteiger partial charge in [0.2, 0.25) is 0 Å². The summed E-state index contributed by atoms with van der Waals surface area (Å²) >= 11 is 0. The molecule has 0 fully saturated rings. The molecule has 0 unspecified atom stereocenters. The number of carbonyl (C=O) groups excluding carboxylic acids is 2. The Morgan fingerprint density at radius 2 is 1.62 bits per heavy atom. The number of nitrogens with zero attached hydrogens (tertiary/aromatic N) is 1. The lowest BCUT2D eigenvalue weighted by Crippen LogP contribution is -2.31. The number of hydrogen-bond acceptors (Lipinski definition) is 4. The van der Waals surface area contributed by atoms with Crippen LogP contribution in [0.2, 0.25) is 0 Å². The Morgan fingerprint density at radius 1 is 0.962 bits per heavy atom. The molecule has 26 heavy (non-hydrogen) atoms. The van der Waals surface area contributed by atoms with Crippen LogP contribution in [0.4, 0.5) is 0 Å². The molecule has 138 valence electrons. The number of hydrogen-bond donors (Lipinski definition) is 2. The van der Waals surface area contributed by atoms with Crippen molar-refractivity contribution in [3.05, 3.63) is 65.2 Å². The molecule has 0 aliphatic rings. The van der Waals surface area contributed by atoms with Gasteiger partial charge in [-0.3, -0.25) is 9.59 Å². The fourth-order valence-electron chi connectivity index (χ4n) is 2.42. The summed E-state index contributed by atoms with van der Waals surface area (Å²) in [6.45, 7) is 1.66. The predicted octanol–water partition coefficient (Wildman–Crippen LogP) is 1.92. The van der Waals surface area contributed by atoms with E-state index in [0.29, 0.717) is 24.2 Å². The summed E-state index contributed by atoms with van der Waals surface area (Å²) in [7, 11) is 5.48. The molecule has 6 heteroatoms. The molecule has 2 aromatic rings. The molecule has 0 aliphatic heterocycles. The Kier molecular flexibility index (Phi) is 7.17. The van der Waals surface area contributed by atoms with Gasteiger partial charge in [0.15, 0.2) is 0 Å². The minimum Gasteiger partial charge on any atom is -0.496 e. The third-order valence-corrected chi connectivity index (χ3v) is 3.86. The number of amides is 2. The van der Waals surface area contributed by atoms with Crippen LogP contribution in [0.5, 0.6) is 5.75 Å². The van der Waals surface area contributed by atoms with Gasteiger partial charge in [0.25, 0.3) is 11.8 Å². The SMILES string of the molecule is COc1ccccc1CNC(=O)c1cccc(C(=O)NCCN(C)C)c1. The number of carbonyl (C=O) groups is 2. The first-order chi connectivity index (χ1) is 12.5. The van der Waals surface area contributed by atoms with Crippen LogP contribution >= 0.6 is 0 Å². The van der Waals surface area contributed by atoms with Crippen LogP contribution < -0.4 is 15.4 Å². The molecule has 6 nitrogen and oxygen atoms in total. The maximum absolute atomic E-state index is 12.4. The number of nitrogens with one attached hydrogen (secondary N) is 2. The molecule has 2 rings (SSSR count). The quantitative estimate of drug-likeness (QED) is 0.759. The van der Waals surface area contributed by atoms with Crippen molar-refractivity contribution < 1.29 is 14.3 Å². The largest absolute Gasteiger partial charge is 0.496 e. The maximum atomic E-state index is 12.4. The summed E-state index contributed by atoms with van der Waals surface area (Å²) in [6, 6.07) is 14.2. The number of likely N-dealkylation sites (N-methyl/N-ethyl adjacent to an activating group) is 1. The Morgan fingerprint density at radius 3 is 2.27 bits per heavy atom. The predicted molar refractivity (Wildman–Crippen MR) is 101 cm³/mol. The van der Waals surface area contributed by atoms with Crippen LogP contribution in [-0.4, -0.2) is 51.0 Å². The van der Waals surface area contributed by atoms with Gasteiger partial charge in [0, 0.05) is 36.3 Å². The third kappa shape index (κ3) is 5.60. The Balaban J connectivity index is 1.98. The summed E-state index contributed by atoms with van der Waals surface area (Å²) in [4.78, 5) is 26.6. The fraction of sp³-hybridized carbons (Fsp3) is 0.300. The molecule has 2 aromatic carbocycles. The van der Waals surface area contributed by atoms with Gasteiger partial charge in [-0.25, -0.2) is 0 Å². The smallest absolute Gasteiger partial charge is 0.251 e. The van der Waals surface area contributed by atoms with Gasteiger partial charge < -0.3 is 20.3 Å². The number of methoxy groups -OCH3 is 1. The van der Waals surface area contributed by atoms with Crippen molar-refractivity contribution in [1.82, 2.24) is 15.5 Å². The van der Waals surface area contributed by atoms with Crippen molar-refractivity contribution in [2.24, 2.45) is 0 Å². The molecular formula is C20H25N3O3. The summed E-state index contributed by atoms with van der Waals surface area (Å²) in [6.07, 6.45) is 0.